The topological polar surface area (TPSA) is 131 Å². The summed E-state index contributed by atoms with van der Waals surface area (Å²) in [7, 11) is 0. The van der Waals surface area contributed by atoms with Crippen LogP contribution in [0.25, 0.3) is 0 Å². The lowest BCUT2D eigenvalue weighted by Crippen LogP contribution is -2.61. The molecule has 2 aliphatic carbocycles. The van der Waals surface area contributed by atoms with Crippen molar-refractivity contribution in [3.8, 4) is 6.07 Å². The van der Waals surface area contributed by atoms with Gasteiger partial charge in [-0.15, -0.1) is 0 Å². The Hall–Kier alpha value is -3.24. The van der Waals surface area contributed by atoms with E-state index in [0.29, 0.717) is 13.0 Å². The Morgan fingerprint density at radius 2 is 1.87 bits per heavy atom. The van der Waals surface area contributed by atoms with Crippen LogP contribution in [-0.4, -0.2) is 71.8 Å². The van der Waals surface area contributed by atoms with Gasteiger partial charge in [-0.3, -0.25) is 19.2 Å². The summed E-state index contributed by atoms with van der Waals surface area (Å²) in [6.45, 7) is 3.96. The maximum absolute atomic E-state index is 15.3. The zero-order valence-corrected chi connectivity index (χ0v) is 21.4. The Kier molecular flexibility index (Phi) is 6.50. The maximum atomic E-state index is 15.3. The van der Waals surface area contributed by atoms with Crippen molar-refractivity contribution in [2.24, 2.45) is 35.0 Å². The molecule has 214 valence electrons. The number of rotatable bonds is 6. The van der Waals surface area contributed by atoms with Crippen LogP contribution in [0.1, 0.15) is 36.4 Å². The maximum Gasteiger partial charge on any atom is 0.471 e. The van der Waals surface area contributed by atoms with Gasteiger partial charge in [0.05, 0.1) is 8.81 Å². The largest absolute Gasteiger partial charge is 0.471 e. The highest BCUT2D eigenvalue weighted by molar-refractivity contribution is 5.94. The number of alkyl halides is 5. The number of nitrogens with zero attached hydrogens (tertiary/aromatic N) is 2. The minimum atomic E-state index is -5.33. The normalized spacial score (nSPS) is 33.5. The molecule has 9 nitrogen and oxygen atoms in total. The predicted molar refractivity (Wildman–Crippen MR) is 124 cm³/mol. The minimum absolute atomic E-state index is 0.0994. The van der Waals surface area contributed by atoms with Gasteiger partial charge in [0.15, 0.2) is 0 Å². The van der Waals surface area contributed by atoms with Crippen LogP contribution in [0.4, 0.5) is 22.0 Å². The molecule has 2 bridgehead atoms. The van der Waals surface area contributed by atoms with E-state index in [0.717, 1.165) is 4.90 Å². The van der Waals surface area contributed by atoms with Crippen molar-refractivity contribution in [1.82, 2.24) is 20.9 Å². The molecule has 8 atom stereocenters. The highest BCUT2D eigenvalue weighted by Crippen LogP contribution is 2.61. The highest BCUT2D eigenvalue weighted by Gasteiger charge is 2.70. The third-order valence-electron chi connectivity index (χ3n) is 7.99. The summed E-state index contributed by atoms with van der Waals surface area (Å²) in [6.07, 6.45) is -5.04. The highest BCUT2D eigenvalue weighted by atomic mass is 19.4. The Labute approximate surface area is 224 Å². The van der Waals surface area contributed by atoms with Gasteiger partial charge in [-0.25, -0.2) is 8.78 Å². The molecule has 0 aromatic carbocycles. The van der Waals surface area contributed by atoms with Crippen LogP contribution in [0.15, 0.2) is 12.1 Å². The Balaban J connectivity index is 1.69. The molecule has 0 aromatic rings. The fourth-order valence-corrected chi connectivity index (χ4v) is 6.10. The molecule has 0 spiro atoms. The van der Waals surface area contributed by atoms with E-state index < -0.39 is 102 Å². The van der Waals surface area contributed by atoms with Gasteiger partial charge in [-0.2, -0.15) is 18.4 Å². The van der Waals surface area contributed by atoms with Crippen molar-refractivity contribution >= 4 is 23.6 Å². The molecule has 2 heterocycles. The van der Waals surface area contributed by atoms with Gasteiger partial charge in [-0.1, -0.05) is 32.9 Å². The second-order valence-corrected chi connectivity index (χ2v) is 11.6. The zero-order valence-electron chi connectivity index (χ0n) is 23.4. The summed E-state index contributed by atoms with van der Waals surface area (Å²) in [5.74, 6) is -15.3. The third kappa shape index (κ3) is 5.07. The summed E-state index contributed by atoms with van der Waals surface area (Å²) in [4.78, 5) is 52.1. The Morgan fingerprint density at radius 1 is 1.23 bits per heavy atom. The molecule has 2 saturated heterocycles. The summed E-state index contributed by atoms with van der Waals surface area (Å²) in [5.41, 5.74) is -1.32. The number of hydrogen-bond acceptors (Lipinski definition) is 5. The Morgan fingerprint density at radius 3 is 2.41 bits per heavy atom. The van der Waals surface area contributed by atoms with E-state index in [9.17, 15) is 37.6 Å². The van der Waals surface area contributed by atoms with Crippen LogP contribution in [-0.2, 0) is 19.2 Å². The first-order chi connectivity index (χ1) is 18.8. The predicted octanol–water partition coefficient (Wildman–Crippen LogP) is 1.51. The first kappa shape index (κ1) is 26.0. The van der Waals surface area contributed by atoms with Crippen molar-refractivity contribution in [1.29, 1.82) is 5.26 Å². The average Bonchev–Trinajstić information content (AvgIpc) is 3.52. The molecule has 4 aliphatic rings. The molecule has 0 unspecified atom stereocenters. The zero-order chi connectivity index (χ0) is 30.8. The average molecular weight is 562 g/mol. The lowest BCUT2D eigenvalue weighted by Gasteiger charge is -2.37. The van der Waals surface area contributed by atoms with Crippen LogP contribution in [0.3, 0.4) is 0 Å². The van der Waals surface area contributed by atoms with E-state index in [4.69, 9.17) is 2.74 Å². The monoisotopic (exact) mass is 561 g/mol. The number of carbonyl (C=O) groups is 4. The lowest BCUT2D eigenvalue weighted by atomic mass is 9.81. The quantitative estimate of drug-likeness (QED) is 0.334. The lowest BCUT2D eigenvalue weighted by molar-refractivity contribution is -0.176. The van der Waals surface area contributed by atoms with Crippen LogP contribution in [0.2, 0.25) is 0 Å². The Bertz CT molecular complexity index is 1230. The second kappa shape index (κ2) is 9.75. The van der Waals surface area contributed by atoms with Gasteiger partial charge in [0.2, 0.25) is 17.7 Å². The van der Waals surface area contributed by atoms with E-state index >= 15 is 8.78 Å². The number of nitriles is 1. The number of allylic oxidation sites excluding steroid dienone is 2. The molecule has 4 rings (SSSR count). The molecule has 1 saturated carbocycles. The molecule has 0 aromatic heterocycles. The number of fused-ring (bicyclic) bond motifs is 5. The van der Waals surface area contributed by atoms with Crippen LogP contribution >= 0.6 is 0 Å². The van der Waals surface area contributed by atoms with Crippen LogP contribution in [0.5, 0.6) is 0 Å². The standard InChI is InChI=1S/C25H30F5N5O4/c1-23(2,3)18(34-22(39)25(28,29)30)21(38)35-10-13-14-4-5-15(24(14,26)27)16(13)17(35)20(37)33-12(9-31)8-11-6-7-32-19(11)36/h4-5,11-18H,6-8,10H2,1-3H3,(H,32,36)(H,33,37)(H,34,39)/t11-,12-,13+,14-,15+,16+,17-,18+/m0/s1/i4D,5D. The van der Waals surface area contributed by atoms with E-state index in [1.54, 1.807) is 5.32 Å². The fraction of sp³-hybridized carbons (Fsp3) is 0.720. The van der Waals surface area contributed by atoms with E-state index in [-0.39, 0.29) is 12.3 Å². The third-order valence-corrected chi connectivity index (χ3v) is 7.99. The van der Waals surface area contributed by atoms with Crippen molar-refractivity contribution in [2.75, 3.05) is 13.1 Å². The fourth-order valence-electron chi connectivity index (χ4n) is 6.10. The van der Waals surface area contributed by atoms with Crippen molar-refractivity contribution in [2.45, 2.75) is 63.8 Å². The SMILES string of the molecule is [2H]C1=C([2H])[C@H]2[C@H]3CN(C(=O)[C@@H](NC(=O)C(F)(F)F)C(C)(C)C)[C@H](C(=O)N[C@H](C#N)C[C@@H]4CCNC4=O)[C@H]3[C@@H]1C2(F)F. The summed E-state index contributed by atoms with van der Waals surface area (Å²) in [6, 6.07) is -4.29. The second-order valence-electron chi connectivity index (χ2n) is 11.6. The van der Waals surface area contributed by atoms with Crippen LogP contribution in [0, 0.1) is 46.3 Å². The molecule has 39 heavy (non-hydrogen) atoms. The van der Waals surface area contributed by atoms with Gasteiger partial charge >= 0.3 is 12.1 Å². The van der Waals surface area contributed by atoms with E-state index in [1.165, 1.54) is 20.8 Å². The number of likely N-dealkylation sites (tertiary alicyclic amines) is 1. The summed E-state index contributed by atoms with van der Waals surface area (Å²) < 4.78 is 86.0. The molecule has 2 aliphatic heterocycles. The minimum Gasteiger partial charge on any atom is -0.356 e. The molecule has 14 heteroatoms. The van der Waals surface area contributed by atoms with Gasteiger partial charge in [0.25, 0.3) is 5.92 Å². The van der Waals surface area contributed by atoms with Gasteiger partial charge in [-0.05, 0) is 24.2 Å². The molecule has 4 amide bonds. The van der Waals surface area contributed by atoms with Crippen molar-refractivity contribution < 1.29 is 43.9 Å². The summed E-state index contributed by atoms with van der Waals surface area (Å²) >= 11 is 0. The number of amides is 4. The van der Waals surface area contributed by atoms with Gasteiger partial charge in [0, 0.05) is 36.8 Å². The van der Waals surface area contributed by atoms with Crippen molar-refractivity contribution in [3.63, 3.8) is 0 Å². The van der Waals surface area contributed by atoms with E-state index in [2.05, 4.69) is 10.6 Å². The van der Waals surface area contributed by atoms with Crippen LogP contribution < -0.4 is 16.0 Å². The first-order valence-electron chi connectivity index (χ1n) is 13.5. The van der Waals surface area contributed by atoms with Gasteiger partial charge < -0.3 is 20.9 Å². The van der Waals surface area contributed by atoms with Crippen molar-refractivity contribution in [3.05, 3.63) is 12.1 Å². The molecule has 3 fully saturated rings. The number of hydrogen-bond donors (Lipinski definition) is 3. The van der Waals surface area contributed by atoms with Gasteiger partial charge in [0.1, 0.15) is 18.1 Å². The van der Waals surface area contributed by atoms with E-state index in [1.807, 2.05) is 6.07 Å². The molecular weight excluding hydrogens is 529 g/mol. The molecule has 3 N–H and O–H groups in total. The first-order valence-corrected chi connectivity index (χ1v) is 12.5. The molecular formula is C25H30F5N5O4. The smallest absolute Gasteiger partial charge is 0.356 e. The number of carbonyl (C=O) groups excluding carboxylic acids is 4. The molecule has 0 radical (unpaired) electrons. The summed E-state index contributed by atoms with van der Waals surface area (Å²) in [5, 5.41) is 16.3. The number of halogens is 5. The number of nitrogens with one attached hydrogen (secondary N) is 3.